The van der Waals surface area contributed by atoms with Crippen LogP contribution < -0.4 is 10.2 Å². The number of benzene rings is 2. The van der Waals surface area contributed by atoms with Crippen molar-refractivity contribution in [3.63, 3.8) is 0 Å². The van der Waals surface area contributed by atoms with Gasteiger partial charge in [0.2, 0.25) is 5.91 Å². The molecule has 1 N–H and O–H groups in total. The van der Waals surface area contributed by atoms with Crippen LogP contribution in [0, 0.1) is 13.8 Å². The smallest absolute Gasteiger partial charge is 0.251 e. The number of fused-ring (bicyclic) bond motifs is 1. The van der Waals surface area contributed by atoms with E-state index >= 15 is 0 Å². The van der Waals surface area contributed by atoms with Gasteiger partial charge in [-0.15, -0.1) is 0 Å². The lowest BCUT2D eigenvalue weighted by atomic mass is 10.1. The summed E-state index contributed by atoms with van der Waals surface area (Å²) in [7, 11) is 0. The largest absolute Gasteiger partial charge is 0.323 e. The van der Waals surface area contributed by atoms with Crippen LogP contribution in [0.1, 0.15) is 16.7 Å². The molecule has 4 heteroatoms. The Kier molecular flexibility index (Phi) is 3.98. The summed E-state index contributed by atoms with van der Waals surface area (Å²) in [5, 5.41) is 2.78. The minimum Gasteiger partial charge on any atom is -0.323 e. The molecular weight excluding hydrogens is 288 g/mol. The molecule has 23 heavy (non-hydrogen) atoms. The predicted octanol–water partition coefficient (Wildman–Crippen LogP) is 3.30. The Balaban J connectivity index is 1.86. The Bertz CT molecular complexity index is 809. The lowest BCUT2D eigenvalue weighted by Crippen LogP contribution is -2.41. The Morgan fingerprint density at radius 2 is 1.96 bits per heavy atom. The number of nitrogens with one attached hydrogen (secondary N) is 1. The molecule has 1 heterocycles. The molecule has 0 bridgehead atoms. The third kappa shape index (κ3) is 3.16. The van der Waals surface area contributed by atoms with Crippen LogP contribution in [0.25, 0.3) is 6.08 Å². The highest BCUT2D eigenvalue weighted by Crippen LogP contribution is 2.29. The first-order chi connectivity index (χ1) is 11.0. The van der Waals surface area contributed by atoms with Crippen LogP contribution in [0.15, 0.2) is 48.5 Å². The third-order valence-electron chi connectivity index (χ3n) is 3.87. The fourth-order valence-corrected chi connectivity index (χ4v) is 2.69. The molecule has 0 aromatic heterocycles. The number of carbonyl (C=O) groups excluding carboxylic acids is 2. The Morgan fingerprint density at radius 1 is 1.17 bits per heavy atom. The maximum atomic E-state index is 12.5. The maximum Gasteiger partial charge on any atom is 0.251 e. The van der Waals surface area contributed by atoms with Gasteiger partial charge in [0.1, 0.15) is 6.54 Å². The number of para-hydroxylation sites is 2. The second kappa shape index (κ2) is 6.08. The van der Waals surface area contributed by atoms with Gasteiger partial charge in [-0.05, 0) is 43.2 Å². The third-order valence-corrected chi connectivity index (χ3v) is 3.87. The summed E-state index contributed by atoms with van der Waals surface area (Å²) >= 11 is 0. The van der Waals surface area contributed by atoms with Crippen molar-refractivity contribution in [3.05, 3.63) is 65.2 Å². The lowest BCUT2D eigenvalue weighted by molar-refractivity contribution is -0.119. The molecule has 1 aliphatic rings. The predicted molar refractivity (Wildman–Crippen MR) is 92.4 cm³/mol. The molecule has 2 aromatic carbocycles. The molecule has 3 rings (SSSR count). The van der Waals surface area contributed by atoms with Crippen LogP contribution in [0.5, 0.6) is 0 Å². The van der Waals surface area contributed by atoms with Crippen LogP contribution in [-0.2, 0) is 9.59 Å². The zero-order chi connectivity index (χ0) is 16.4. The lowest BCUT2D eigenvalue weighted by Gasteiger charge is -2.28. The van der Waals surface area contributed by atoms with Crippen LogP contribution in [0.3, 0.4) is 0 Å². The zero-order valence-corrected chi connectivity index (χ0v) is 13.2. The van der Waals surface area contributed by atoms with Gasteiger partial charge >= 0.3 is 0 Å². The van der Waals surface area contributed by atoms with Gasteiger partial charge in [0.15, 0.2) is 0 Å². The number of hydrogen-bond acceptors (Lipinski definition) is 2. The first-order valence-corrected chi connectivity index (χ1v) is 7.50. The molecule has 0 aliphatic carbocycles. The molecule has 0 fully saturated rings. The van der Waals surface area contributed by atoms with Crippen LogP contribution >= 0.6 is 0 Å². The molecule has 2 aromatic rings. The van der Waals surface area contributed by atoms with Crippen molar-refractivity contribution in [1.82, 2.24) is 0 Å². The normalized spacial score (nSPS) is 13.8. The summed E-state index contributed by atoms with van der Waals surface area (Å²) in [4.78, 5) is 25.8. The Labute approximate surface area is 135 Å². The van der Waals surface area contributed by atoms with Crippen molar-refractivity contribution in [2.24, 2.45) is 0 Å². The van der Waals surface area contributed by atoms with Crippen molar-refractivity contribution in [2.75, 3.05) is 16.8 Å². The summed E-state index contributed by atoms with van der Waals surface area (Å²) in [5.74, 6) is -0.385. The van der Waals surface area contributed by atoms with Gasteiger partial charge in [-0.1, -0.05) is 35.9 Å². The number of rotatable bonds is 2. The molecule has 1 aliphatic heterocycles. The standard InChI is InChI=1S/C19H18N2O2/c1-13-7-8-15(14(2)11-13)9-10-19(23)21-12-18(22)20-16-5-3-4-6-17(16)21/h3-11H,12H2,1-2H3,(H,20,22)/b10-9+. The topological polar surface area (TPSA) is 49.4 Å². The fraction of sp³-hybridized carbons (Fsp3) is 0.158. The van der Waals surface area contributed by atoms with Gasteiger partial charge in [-0.25, -0.2) is 0 Å². The fourth-order valence-electron chi connectivity index (χ4n) is 2.69. The monoisotopic (exact) mass is 306 g/mol. The molecule has 2 amide bonds. The van der Waals surface area contributed by atoms with E-state index in [4.69, 9.17) is 0 Å². The minimum atomic E-state index is -0.202. The number of nitrogens with zero attached hydrogens (tertiary/aromatic N) is 1. The SMILES string of the molecule is Cc1ccc(/C=C/C(=O)N2CC(=O)Nc3ccccc32)c(C)c1. The van der Waals surface area contributed by atoms with Crippen molar-refractivity contribution < 1.29 is 9.59 Å². The molecule has 0 unspecified atom stereocenters. The number of aryl methyl sites for hydroxylation is 2. The molecule has 0 saturated heterocycles. The first kappa shape index (κ1) is 15.0. The van der Waals surface area contributed by atoms with Gasteiger partial charge in [0.25, 0.3) is 5.91 Å². The van der Waals surface area contributed by atoms with Crippen molar-refractivity contribution in [2.45, 2.75) is 13.8 Å². The summed E-state index contributed by atoms with van der Waals surface area (Å²) in [6, 6.07) is 13.4. The van der Waals surface area contributed by atoms with E-state index in [1.165, 1.54) is 16.5 Å². The Morgan fingerprint density at radius 3 is 2.74 bits per heavy atom. The highest BCUT2D eigenvalue weighted by Gasteiger charge is 2.25. The summed E-state index contributed by atoms with van der Waals surface area (Å²) in [6.45, 7) is 4.09. The molecule has 4 nitrogen and oxygen atoms in total. The van der Waals surface area contributed by atoms with E-state index in [-0.39, 0.29) is 18.4 Å². The van der Waals surface area contributed by atoms with E-state index in [1.807, 2.05) is 44.2 Å². The molecule has 116 valence electrons. The average Bonchev–Trinajstić information content (AvgIpc) is 2.53. The first-order valence-electron chi connectivity index (χ1n) is 7.50. The number of carbonyl (C=O) groups is 2. The van der Waals surface area contributed by atoms with Gasteiger partial charge in [0, 0.05) is 6.08 Å². The second-order valence-corrected chi connectivity index (χ2v) is 5.68. The highest BCUT2D eigenvalue weighted by molar-refractivity contribution is 6.13. The summed E-state index contributed by atoms with van der Waals surface area (Å²) in [6.07, 6.45) is 3.32. The highest BCUT2D eigenvalue weighted by atomic mass is 16.2. The molecule has 0 radical (unpaired) electrons. The van der Waals surface area contributed by atoms with E-state index < -0.39 is 0 Å². The van der Waals surface area contributed by atoms with E-state index in [9.17, 15) is 9.59 Å². The van der Waals surface area contributed by atoms with E-state index in [2.05, 4.69) is 11.4 Å². The van der Waals surface area contributed by atoms with Crippen molar-refractivity contribution >= 4 is 29.3 Å². The average molecular weight is 306 g/mol. The molecule has 0 saturated carbocycles. The molecular formula is C19H18N2O2. The van der Waals surface area contributed by atoms with Crippen molar-refractivity contribution in [1.29, 1.82) is 0 Å². The zero-order valence-electron chi connectivity index (χ0n) is 13.2. The molecule has 0 spiro atoms. The van der Waals surface area contributed by atoms with Gasteiger partial charge < -0.3 is 5.32 Å². The Hall–Kier alpha value is -2.88. The van der Waals surface area contributed by atoms with Gasteiger partial charge in [0.05, 0.1) is 11.4 Å². The summed E-state index contributed by atoms with van der Waals surface area (Å²) < 4.78 is 0. The quantitative estimate of drug-likeness (QED) is 0.865. The van der Waals surface area contributed by atoms with Crippen LogP contribution in [-0.4, -0.2) is 18.4 Å². The number of amides is 2. The number of hydrogen-bond donors (Lipinski definition) is 1. The van der Waals surface area contributed by atoms with Gasteiger partial charge in [-0.2, -0.15) is 0 Å². The van der Waals surface area contributed by atoms with E-state index in [0.29, 0.717) is 5.69 Å². The van der Waals surface area contributed by atoms with Crippen LogP contribution in [0.2, 0.25) is 0 Å². The van der Waals surface area contributed by atoms with Crippen LogP contribution in [0.4, 0.5) is 11.4 Å². The van der Waals surface area contributed by atoms with E-state index in [0.717, 1.165) is 16.8 Å². The minimum absolute atomic E-state index is 0.0348. The van der Waals surface area contributed by atoms with E-state index in [1.54, 1.807) is 12.1 Å². The van der Waals surface area contributed by atoms with Crippen molar-refractivity contribution in [3.8, 4) is 0 Å². The maximum absolute atomic E-state index is 12.5. The number of anilines is 2. The van der Waals surface area contributed by atoms with Gasteiger partial charge in [-0.3, -0.25) is 14.5 Å². The second-order valence-electron chi connectivity index (χ2n) is 5.68. The summed E-state index contributed by atoms with van der Waals surface area (Å²) in [5.41, 5.74) is 4.69. The molecule has 0 atom stereocenters.